The molecule has 1 aromatic carbocycles. The van der Waals surface area contributed by atoms with Gasteiger partial charge in [0.05, 0.1) is 19.6 Å². The second-order valence-corrected chi connectivity index (χ2v) is 4.68. The molecule has 0 saturated heterocycles. The van der Waals surface area contributed by atoms with Gasteiger partial charge >= 0.3 is 0 Å². The number of benzene rings is 1. The quantitative estimate of drug-likeness (QED) is 0.632. The minimum Gasteiger partial charge on any atom is -0.493 e. The van der Waals surface area contributed by atoms with Crippen LogP contribution < -0.4 is 9.47 Å². The van der Waals surface area contributed by atoms with Crippen molar-refractivity contribution in [3.05, 3.63) is 22.2 Å². The summed E-state index contributed by atoms with van der Waals surface area (Å²) < 4.78 is 10.9. The number of carbonyl (C=O) groups excluding carboxylic acids is 1. The maximum absolute atomic E-state index is 11.8. The summed E-state index contributed by atoms with van der Waals surface area (Å²) in [7, 11) is 3.06. The SMILES string of the molecule is COc1cc(Br)c(C(=O)C(C)Cl)cc1OC. The van der Waals surface area contributed by atoms with Crippen LogP contribution in [0.1, 0.15) is 17.3 Å². The zero-order chi connectivity index (χ0) is 12.3. The van der Waals surface area contributed by atoms with Crippen molar-refractivity contribution in [2.75, 3.05) is 14.2 Å². The third-order valence-corrected chi connectivity index (χ3v) is 2.95. The Morgan fingerprint density at radius 1 is 1.31 bits per heavy atom. The molecule has 88 valence electrons. The highest BCUT2D eigenvalue weighted by Crippen LogP contribution is 2.34. The Morgan fingerprint density at radius 2 is 1.81 bits per heavy atom. The van der Waals surface area contributed by atoms with Gasteiger partial charge in [0.15, 0.2) is 17.3 Å². The standard InChI is InChI=1S/C11H12BrClO3/c1-6(13)11(14)7-4-9(15-2)10(16-3)5-8(7)12/h4-6H,1-3H3. The fraction of sp³-hybridized carbons (Fsp3) is 0.364. The number of ketones is 1. The van der Waals surface area contributed by atoms with Gasteiger partial charge in [-0.1, -0.05) is 0 Å². The Morgan fingerprint density at radius 3 is 2.25 bits per heavy atom. The molecule has 0 amide bonds. The number of carbonyl (C=O) groups is 1. The van der Waals surface area contributed by atoms with E-state index in [2.05, 4.69) is 15.9 Å². The third-order valence-electron chi connectivity index (χ3n) is 2.10. The van der Waals surface area contributed by atoms with Crippen molar-refractivity contribution in [1.82, 2.24) is 0 Å². The number of Topliss-reactive ketones (excluding diaryl/α,β-unsaturated/α-hetero) is 1. The minimum absolute atomic E-state index is 0.158. The summed E-state index contributed by atoms with van der Waals surface area (Å²) in [5, 5.41) is -0.575. The number of ether oxygens (including phenoxy) is 2. The lowest BCUT2D eigenvalue weighted by Gasteiger charge is -2.11. The predicted octanol–water partition coefficient (Wildman–Crippen LogP) is 3.28. The first-order valence-corrected chi connectivity index (χ1v) is 5.84. The third kappa shape index (κ3) is 2.68. The minimum atomic E-state index is -0.575. The van der Waals surface area contributed by atoms with Crippen molar-refractivity contribution in [1.29, 1.82) is 0 Å². The summed E-state index contributed by atoms with van der Waals surface area (Å²) in [6.45, 7) is 1.63. The number of methoxy groups -OCH3 is 2. The van der Waals surface area contributed by atoms with E-state index in [-0.39, 0.29) is 5.78 Å². The smallest absolute Gasteiger partial charge is 0.181 e. The summed E-state index contributed by atoms with van der Waals surface area (Å²) in [5.41, 5.74) is 0.486. The molecule has 0 bridgehead atoms. The van der Waals surface area contributed by atoms with Crippen LogP contribution in [0.5, 0.6) is 11.5 Å². The van der Waals surface area contributed by atoms with Crippen LogP contribution >= 0.6 is 27.5 Å². The van der Waals surface area contributed by atoms with Crippen molar-refractivity contribution in [3.8, 4) is 11.5 Å². The molecule has 0 N–H and O–H groups in total. The van der Waals surface area contributed by atoms with Gasteiger partial charge < -0.3 is 9.47 Å². The lowest BCUT2D eigenvalue weighted by Crippen LogP contribution is -2.11. The van der Waals surface area contributed by atoms with Crippen molar-refractivity contribution in [3.63, 3.8) is 0 Å². The Labute approximate surface area is 108 Å². The van der Waals surface area contributed by atoms with Gasteiger partial charge in [0.2, 0.25) is 0 Å². The lowest BCUT2D eigenvalue weighted by molar-refractivity contribution is 0.0990. The van der Waals surface area contributed by atoms with E-state index in [9.17, 15) is 4.79 Å². The first-order chi connectivity index (χ1) is 7.51. The maximum Gasteiger partial charge on any atom is 0.181 e. The van der Waals surface area contributed by atoms with Crippen molar-refractivity contribution in [2.45, 2.75) is 12.3 Å². The molecule has 0 saturated carbocycles. The molecule has 1 atom stereocenters. The molecule has 0 aliphatic carbocycles. The summed E-state index contributed by atoms with van der Waals surface area (Å²) >= 11 is 9.07. The summed E-state index contributed by atoms with van der Waals surface area (Å²) in [4.78, 5) is 11.8. The number of hydrogen-bond acceptors (Lipinski definition) is 3. The Bertz CT molecular complexity index is 404. The molecule has 0 aliphatic heterocycles. The Kier molecular flexibility index (Phi) is 4.62. The molecule has 3 nitrogen and oxygen atoms in total. The van der Waals surface area contributed by atoms with Gasteiger partial charge in [-0.25, -0.2) is 0 Å². The monoisotopic (exact) mass is 306 g/mol. The van der Waals surface area contributed by atoms with Gasteiger partial charge in [-0.2, -0.15) is 0 Å². The van der Waals surface area contributed by atoms with Crippen LogP contribution in [-0.2, 0) is 0 Å². The van der Waals surface area contributed by atoms with E-state index in [0.29, 0.717) is 21.5 Å². The molecule has 5 heteroatoms. The van der Waals surface area contributed by atoms with Gasteiger partial charge in [0.1, 0.15) is 0 Å². The first-order valence-electron chi connectivity index (χ1n) is 4.61. The molecule has 1 aromatic rings. The predicted molar refractivity (Wildman–Crippen MR) is 66.9 cm³/mol. The largest absolute Gasteiger partial charge is 0.493 e. The highest BCUT2D eigenvalue weighted by Gasteiger charge is 2.18. The fourth-order valence-corrected chi connectivity index (χ4v) is 1.89. The zero-order valence-electron chi connectivity index (χ0n) is 9.21. The van der Waals surface area contributed by atoms with Crippen molar-refractivity contribution in [2.24, 2.45) is 0 Å². The maximum atomic E-state index is 11.8. The molecular formula is C11H12BrClO3. The van der Waals surface area contributed by atoms with Crippen LogP contribution in [0, 0.1) is 0 Å². The molecule has 16 heavy (non-hydrogen) atoms. The molecule has 1 unspecified atom stereocenters. The summed E-state index contributed by atoms with van der Waals surface area (Å²) in [6, 6.07) is 3.30. The van der Waals surface area contributed by atoms with Gasteiger partial charge in [0, 0.05) is 10.0 Å². The second kappa shape index (κ2) is 5.55. The molecular weight excluding hydrogens is 295 g/mol. The van der Waals surface area contributed by atoms with Crippen LogP contribution in [0.3, 0.4) is 0 Å². The summed E-state index contributed by atoms with van der Waals surface area (Å²) in [5.74, 6) is 0.911. The highest BCUT2D eigenvalue weighted by molar-refractivity contribution is 9.10. The van der Waals surface area contributed by atoms with Crippen LogP contribution in [0.2, 0.25) is 0 Å². The van der Waals surface area contributed by atoms with Gasteiger partial charge in [-0.3, -0.25) is 4.79 Å². The normalized spacial score (nSPS) is 12.1. The molecule has 0 spiro atoms. The zero-order valence-corrected chi connectivity index (χ0v) is 11.6. The van der Waals surface area contributed by atoms with E-state index in [4.69, 9.17) is 21.1 Å². The van der Waals surface area contributed by atoms with Crippen LogP contribution in [0.25, 0.3) is 0 Å². The lowest BCUT2D eigenvalue weighted by atomic mass is 10.1. The first kappa shape index (κ1) is 13.3. The Hall–Kier alpha value is -0.740. The Balaban J connectivity index is 3.26. The van der Waals surface area contributed by atoms with E-state index in [1.807, 2.05) is 0 Å². The van der Waals surface area contributed by atoms with Gasteiger partial charge in [-0.15, -0.1) is 11.6 Å². The second-order valence-electron chi connectivity index (χ2n) is 3.17. The number of alkyl halides is 1. The van der Waals surface area contributed by atoms with Crippen LogP contribution in [-0.4, -0.2) is 25.4 Å². The van der Waals surface area contributed by atoms with Crippen molar-refractivity contribution >= 4 is 33.3 Å². The average molecular weight is 308 g/mol. The van der Waals surface area contributed by atoms with E-state index in [1.165, 1.54) is 14.2 Å². The van der Waals surface area contributed by atoms with Gasteiger partial charge in [0.25, 0.3) is 0 Å². The molecule has 0 radical (unpaired) electrons. The number of rotatable bonds is 4. The van der Waals surface area contributed by atoms with E-state index < -0.39 is 5.38 Å². The molecule has 1 rings (SSSR count). The van der Waals surface area contributed by atoms with Gasteiger partial charge in [-0.05, 0) is 35.0 Å². The average Bonchev–Trinajstić information content (AvgIpc) is 2.27. The van der Waals surface area contributed by atoms with Crippen molar-refractivity contribution < 1.29 is 14.3 Å². The molecule has 0 heterocycles. The van der Waals surface area contributed by atoms with Crippen LogP contribution in [0.4, 0.5) is 0 Å². The highest BCUT2D eigenvalue weighted by atomic mass is 79.9. The molecule has 0 aliphatic rings. The topological polar surface area (TPSA) is 35.5 Å². The van der Waals surface area contributed by atoms with Crippen LogP contribution in [0.15, 0.2) is 16.6 Å². The van der Waals surface area contributed by atoms with E-state index in [1.54, 1.807) is 19.1 Å². The molecule has 0 fully saturated rings. The summed E-state index contributed by atoms with van der Waals surface area (Å²) in [6.07, 6.45) is 0. The number of halogens is 2. The fourth-order valence-electron chi connectivity index (χ4n) is 1.26. The molecule has 0 aromatic heterocycles. The van der Waals surface area contributed by atoms with E-state index >= 15 is 0 Å². The van der Waals surface area contributed by atoms with E-state index in [0.717, 1.165) is 0 Å². The number of hydrogen-bond donors (Lipinski definition) is 0.